The highest BCUT2D eigenvalue weighted by molar-refractivity contribution is 5.83. The minimum absolute atomic E-state index is 0.0515. The van der Waals surface area contributed by atoms with Gasteiger partial charge in [0.15, 0.2) is 0 Å². The van der Waals surface area contributed by atoms with E-state index in [1.807, 2.05) is 25.7 Å². The van der Waals surface area contributed by atoms with E-state index in [2.05, 4.69) is 0 Å². The average molecular weight is 198 g/mol. The smallest absolute Gasteiger partial charge is 0.230 e. The van der Waals surface area contributed by atoms with Crippen molar-refractivity contribution in [3.8, 4) is 0 Å². The SMILES string of the molecule is CCN(CC)C(=O)C1(C)CCCC1N. The van der Waals surface area contributed by atoms with Crippen LogP contribution in [0.4, 0.5) is 0 Å². The lowest BCUT2D eigenvalue weighted by molar-refractivity contribution is -0.141. The van der Waals surface area contributed by atoms with Crippen LogP contribution < -0.4 is 5.73 Å². The average Bonchev–Trinajstić information content (AvgIpc) is 2.50. The van der Waals surface area contributed by atoms with Gasteiger partial charge in [-0.05, 0) is 33.6 Å². The Balaban J connectivity index is 2.76. The van der Waals surface area contributed by atoms with Crippen molar-refractivity contribution in [3.05, 3.63) is 0 Å². The molecule has 0 saturated heterocycles. The largest absolute Gasteiger partial charge is 0.343 e. The third-order valence-corrected chi connectivity index (χ3v) is 3.57. The van der Waals surface area contributed by atoms with Gasteiger partial charge in [-0.1, -0.05) is 6.42 Å². The lowest BCUT2D eigenvalue weighted by atomic mass is 9.83. The Morgan fingerprint density at radius 3 is 2.43 bits per heavy atom. The molecule has 1 fully saturated rings. The van der Waals surface area contributed by atoms with Crippen LogP contribution in [-0.2, 0) is 4.79 Å². The van der Waals surface area contributed by atoms with Crippen LogP contribution in [-0.4, -0.2) is 29.9 Å². The summed E-state index contributed by atoms with van der Waals surface area (Å²) in [6.45, 7) is 7.64. The number of carbonyl (C=O) groups is 1. The molecule has 0 aromatic rings. The molecule has 0 spiro atoms. The second-order valence-corrected chi connectivity index (χ2v) is 4.39. The van der Waals surface area contributed by atoms with E-state index >= 15 is 0 Å². The normalized spacial score (nSPS) is 31.9. The first kappa shape index (κ1) is 11.5. The highest BCUT2D eigenvalue weighted by atomic mass is 16.2. The van der Waals surface area contributed by atoms with Crippen molar-refractivity contribution in [1.82, 2.24) is 4.90 Å². The number of carbonyl (C=O) groups excluding carboxylic acids is 1. The molecule has 1 rings (SSSR count). The molecular formula is C11H22N2O. The second-order valence-electron chi connectivity index (χ2n) is 4.39. The molecule has 3 heteroatoms. The van der Waals surface area contributed by atoms with Gasteiger partial charge in [0.1, 0.15) is 0 Å². The lowest BCUT2D eigenvalue weighted by Crippen LogP contribution is -2.49. The number of nitrogens with zero attached hydrogens (tertiary/aromatic N) is 1. The Labute approximate surface area is 86.6 Å². The first-order chi connectivity index (χ1) is 6.56. The zero-order chi connectivity index (χ0) is 10.8. The Bertz CT molecular complexity index is 213. The van der Waals surface area contributed by atoms with Gasteiger partial charge in [0.05, 0.1) is 5.41 Å². The van der Waals surface area contributed by atoms with Crippen molar-refractivity contribution >= 4 is 5.91 Å². The fourth-order valence-corrected chi connectivity index (χ4v) is 2.33. The van der Waals surface area contributed by atoms with E-state index in [4.69, 9.17) is 5.73 Å². The van der Waals surface area contributed by atoms with Crippen molar-refractivity contribution in [3.63, 3.8) is 0 Å². The van der Waals surface area contributed by atoms with Crippen molar-refractivity contribution < 1.29 is 4.79 Å². The molecule has 14 heavy (non-hydrogen) atoms. The fourth-order valence-electron chi connectivity index (χ4n) is 2.33. The molecule has 82 valence electrons. The van der Waals surface area contributed by atoms with Crippen LogP contribution in [0.25, 0.3) is 0 Å². The molecule has 0 radical (unpaired) electrons. The minimum Gasteiger partial charge on any atom is -0.343 e. The van der Waals surface area contributed by atoms with Gasteiger partial charge in [-0.2, -0.15) is 0 Å². The Kier molecular flexibility index (Phi) is 3.53. The van der Waals surface area contributed by atoms with Gasteiger partial charge < -0.3 is 10.6 Å². The highest BCUT2D eigenvalue weighted by Crippen LogP contribution is 2.38. The molecule has 0 bridgehead atoms. The summed E-state index contributed by atoms with van der Waals surface area (Å²) in [5, 5.41) is 0. The number of hydrogen-bond acceptors (Lipinski definition) is 2. The molecule has 0 aliphatic heterocycles. The van der Waals surface area contributed by atoms with Crippen molar-refractivity contribution in [2.24, 2.45) is 11.1 Å². The summed E-state index contributed by atoms with van der Waals surface area (Å²) in [4.78, 5) is 14.1. The summed E-state index contributed by atoms with van der Waals surface area (Å²) in [6.07, 6.45) is 3.03. The van der Waals surface area contributed by atoms with E-state index in [1.165, 1.54) is 0 Å². The predicted octanol–water partition coefficient (Wildman–Crippen LogP) is 1.37. The van der Waals surface area contributed by atoms with E-state index in [0.717, 1.165) is 32.4 Å². The summed E-state index contributed by atoms with van der Waals surface area (Å²) in [7, 11) is 0. The van der Waals surface area contributed by atoms with Crippen LogP contribution in [0.2, 0.25) is 0 Å². The molecule has 2 atom stereocenters. The fraction of sp³-hybridized carbons (Fsp3) is 0.909. The number of hydrogen-bond donors (Lipinski definition) is 1. The summed E-state index contributed by atoms with van der Waals surface area (Å²) in [6, 6.07) is 0.0515. The maximum Gasteiger partial charge on any atom is 0.230 e. The molecule has 1 saturated carbocycles. The zero-order valence-corrected chi connectivity index (χ0v) is 9.55. The van der Waals surface area contributed by atoms with Crippen LogP contribution in [0.15, 0.2) is 0 Å². The van der Waals surface area contributed by atoms with Crippen LogP contribution in [0, 0.1) is 5.41 Å². The van der Waals surface area contributed by atoms with E-state index in [0.29, 0.717) is 0 Å². The van der Waals surface area contributed by atoms with E-state index in [1.54, 1.807) is 0 Å². The van der Waals surface area contributed by atoms with Crippen molar-refractivity contribution in [2.45, 2.75) is 46.1 Å². The molecule has 2 unspecified atom stereocenters. The molecule has 2 N–H and O–H groups in total. The second kappa shape index (κ2) is 4.30. The molecule has 1 aliphatic rings. The van der Waals surface area contributed by atoms with Gasteiger partial charge in [0, 0.05) is 19.1 Å². The summed E-state index contributed by atoms with van der Waals surface area (Å²) >= 11 is 0. The standard InChI is InChI=1S/C11H22N2O/c1-4-13(5-2)10(14)11(3)8-6-7-9(11)12/h9H,4-8,12H2,1-3H3. The van der Waals surface area contributed by atoms with Crippen LogP contribution in [0.1, 0.15) is 40.0 Å². The molecule has 0 aromatic heterocycles. The summed E-state index contributed by atoms with van der Waals surface area (Å²) in [5.41, 5.74) is 5.71. The van der Waals surface area contributed by atoms with E-state index in [9.17, 15) is 4.79 Å². The Morgan fingerprint density at radius 1 is 1.50 bits per heavy atom. The van der Waals surface area contributed by atoms with Gasteiger partial charge in [-0.15, -0.1) is 0 Å². The van der Waals surface area contributed by atoms with Crippen LogP contribution in [0.3, 0.4) is 0 Å². The van der Waals surface area contributed by atoms with Crippen molar-refractivity contribution in [2.75, 3.05) is 13.1 Å². The predicted molar refractivity (Wildman–Crippen MR) is 57.9 cm³/mol. The van der Waals surface area contributed by atoms with Crippen LogP contribution >= 0.6 is 0 Å². The Hall–Kier alpha value is -0.570. The molecular weight excluding hydrogens is 176 g/mol. The zero-order valence-electron chi connectivity index (χ0n) is 9.55. The monoisotopic (exact) mass is 198 g/mol. The minimum atomic E-state index is -0.300. The van der Waals surface area contributed by atoms with E-state index in [-0.39, 0.29) is 17.4 Å². The Morgan fingerprint density at radius 2 is 2.07 bits per heavy atom. The molecule has 3 nitrogen and oxygen atoms in total. The van der Waals surface area contributed by atoms with Gasteiger partial charge in [-0.25, -0.2) is 0 Å². The molecule has 0 heterocycles. The number of amides is 1. The van der Waals surface area contributed by atoms with Crippen molar-refractivity contribution in [1.29, 1.82) is 0 Å². The topological polar surface area (TPSA) is 46.3 Å². The molecule has 1 amide bonds. The lowest BCUT2D eigenvalue weighted by Gasteiger charge is -2.33. The van der Waals surface area contributed by atoms with E-state index < -0.39 is 0 Å². The third kappa shape index (κ3) is 1.78. The molecule has 1 aliphatic carbocycles. The number of rotatable bonds is 3. The highest BCUT2D eigenvalue weighted by Gasteiger charge is 2.44. The molecule has 0 aromatic carbocycles. The van der Waals surface area contributed by atoms with Gasteiger partial charge >= 0.3 is 0 Å². The first-order valence-corrected chi connectivity index (χ1v) is 5.61. The van der Waals surface area contributed by atoms with Gasteiger partial charge in [-0.3, -0.25) is 4.79 Å². The maximum absolute atomic E-state index is 12.2. The van der Waals surface area contributed by atoms with Gasteiger partial charge in [0.2, 0.25) is 5.91 Å². The third-order valence-electron chi connectivity index (χ3n) is 3.57. The first-order valence-electron chi connectivity index (χ1n) is 5.61. The van der Waals surface area contributed by atoms with Crippen LogP contribution in [0.5, 0.6) is 0 Å². The summed E-state index contributed by atoms with van der Waals surface area (Å²) < 4.78 is 0. The number of nitrogens with two attached hydrogens (primary N) is 1. The van der Waals surface area contributed by atoms with Gasteiger partial charge in [0.25, 0.3) is 0 Å². The maximum atomic E-state index is 12.2. The summed E-state index contributed by atoms with van der Waals surface area (Å²) in [5.74, 6) is 0.243. The quantitative estimate of drug-likeness (QED) is 0.744.